The second kappa shape index (κ2) is 11.3. The van der Waals surface area contributed by atoms with Gasteiger partial charge in [0.15, 0.2) is 12.3 Å². The molecule has 1 N–H and O–H groups in total. The lowest BCUT2D eigenvalue weighted by Gasteiger charge is -2.51. The largest absolute Gasteiger partial charge is 0.438 e. The monoisotopic (exact) mass is 580 g/mol. The van der Waals surface area contributed by atoms with Crippen molar-refractivity contribution >= 4 is 23.2 Å². The number of aromatic amines is 1. The summed E-state index contributed by atoms with van der Waals surface area (Å²) in [5, 5.41) is 0. The Kier molecular flexibility index (Phi) is 8.54. The SMILES string of the molecule is CC(C)[Si]1(C(C)C)OC[C@H]2O[C@@H](n3ccc(=O)[nH]c3=O)[C@H](OC(=O)n3ccnc3)[C@@H]2O[Si](C(C)C)(C(C)C)O1. The summed E-state index contributed by atoms with van der Waals surface area (Å²) in [5.74, 6) is 0. The highest BCUT2D eigenvalue weighted by Crippen LogP contribution is 2.48. The van der Waals surface area contributed by atoms with Gasteiger partial charge in [0.25, 0.3) is 5.56 Å². The highest BCUT2D eigenvalue weighted by Gasteiger charge is 2.62. The van der Waals surface area contributed by atoms with E-state index in [-0.39, 0.29) is 28.8 Å². The lowest BCUT2D eigenvalue weighted by atomic mass is 10.1. The number of rotatable bonds is 6. The lowest BCUT2D eigenvalue weighted by Crippen LogP contribution is -2.66. The number of aromatic nitrogens is 4. The molecule has 2 aliphatic rings. The van der Waals surface area contributed by atoms with E-state index in [2.05, 4.69) is 65.4 Å². The van der Waals surface area contributed by atoms with Crippen LogP contribution in [0.15, 0.2) is 40.6 Å². The molecule has 2 fully saturated rings. The predicted molar refractivity (Wildman–Crippen MR) is 147 cm³/mol. The van der Waals surface area contributed by atoms with Gasteiger partial charge < -0.3 is 22.4 Å². The second-order valence-corrected chi connectivity index (χ2v) is 20.3. The maximum absolute atomic E-state index is 13.1. The zero-order valence-electron chi connectivity index (χ0n) is 23.8. The Balaban J connectivity index is 1.84. The first-order valence-electron chi connectivity index (χ1n) is 13.5. The van der Waals surface area contributed by atoms with Crippen LogP contribution in [0, 0.1) is 0 Å². The molecule has 12 nitrogen and oxygen atoms in total. The number of hydrogen-bond acceptors (Lipinski definition) is 9. The Morgan fingerprint density at radius 1 is 1.03 bits per heavy atom. The number of imidazole rings is 1. The van der Waals surface area contributed by atoms with Crippen molar-refractivity contribution in [1.82, 2.24) is 19.1 Å². The predicted octanol–water partition coefficient (Wildman–Crippen LogP) is 3.64. The van der Waals surface area contributed by atoms with Gasteiger partial charge in [0.1, 0.15) is 18.5 Å². The summed E-state index contributed by atoms with van der Waals surface area (Å²) in [6, 6.07) is 1.22. The average Bonchev–Trinajstić information content (AvgIpc) is 3.48. The summed E-state index contributed by atoms with van der Waals surface area (Å²) in [4.78, 5) is 43.9. The van der Waals surface area contributed by atoms with Crippen LogP contribution in [-0.2, 0) is 22.4 Å². The van der Waals surface area contributed by atoms with Gasteiger partial charge in [-0.05, 0) is 22.2 Å². The first-order chi connectivity index (χ1) is 18.3. The van der Waals surface area contributed by atoms with E-state index in [0.29, 0.717) is 0 Å². The van der Waals surface area contributed by atoms with E-state index in [4.69, 9.17) is 22.4 Å². The summed E-state index contributed by atoms with van der Waals surface area (Å²) in [7, 11) is -5.92. The number of ether oxygens (including phenoxy) is 2. The van der Waals surface area contributed by atoms with Crippen molar-refractivity contribution in [1.29, 1.82) is 0 Å². The molecular weight excluding hydrogens is 540 g/mol. The number of carbonyl (C=O) groups is 1. The maximum Gasteiger partial charge on any atom is 0.419 e. The van der Waals surface area contributed by atoms with Crippen LogP contribution < -0.4 is 11.2 Å². The molecule has 2 aliphatic heterocycles. The van der Waals surface area contributed by atoms with E-state index in [0.717, 1.165) is 0 Å². The van der Waals surface area contributed by atoms with Crippen molar-refractivity contribution < 1.29 is 27.2 Å². The minimum atomic E-state index is -3.08. The van der Waals surface area contributed by atoms with Crippen molar-refractivity contribution in [3.05, 3.63) is 51.8 Å². The maximum atomic E-state index is 13.1. The average molecular weight is 581 g/mol. The Labute approximate surface area is 230 Å². The minimum Gasteiger partial charge on any atom is -0.438 e. The van der Waals surface area contributed by atoms with E-state index < -0.39 is 59.0 Å². The fourth-order valence-corrected chi connectivity index (χ4v) is 16.9. The van der Waals surface area contributed by atoms with Crippen LogP contribution >= 0.6 is 0 Å². The van der Waals surface area contributed by atoms with E-state index in [9.17, 15) is 14.4 Å². The third-order valence-electron chi connectivity index (χ3n) is 7.69. The molecule has 216 valence electrons. The summed E-state index contributed by atoms with van der Waals surface area (Å²) in [6.45, 7) is 17.0. The lowest BCUT2D eigenvalue weighted by molar-refractivity contribution is -0.0608. The van der Waals surface area contributed by atoms with Crippen molar-refractivity contribution in [2.45, 2.75) is 102 Å². The van der Waals surface area contributed by atoms with Gasteiger partial charge in [0.05, 0.1) is 6.61 Å². The molecule has 0 bridgehead atoms. The number of nitrogens with zero attached hydrogens (tertiary/aromatic N) is 3. The molecule has 2 saturated heterocycles. The Hall–Kier alpha value is -2.37. The molecule has 14 heteroatoms. The first kappa shape index (κ1) is 29.6. The molecule has 0 spiro atoms. The van der Waals surface area contributed by atoms with Gasteiger partial charge in [0, 0.05) is 24.7 Å². The normalized spacial score (nSPS) is 26.6. The molecule has 0 aliphatic carbocycles. The molecule has 2 aromatic heterocycles. The van der Waals surface area contributed by atoms with Crippen LogP contribution in [0.25, 0.3) is 0 Å². The highest BCUT2D eigenvalue weighted by atomic mass is 28.5. The molecule has 2 aromatic rings. The molecule has 0 aromatic carbocycles. The molecule has 4 heterocycles. The van der Waals surface area contributed by atoms with Gasteiger partial charge in [-0.3, -0.25) is 14.3 Å². The van der Waals surface area contributed by atoms with Gasteiger partial charge in [-0.15, -0.1) is 0 Å². The number of hydrogen-bond donors (Lipinski definition) is 1. The third-order valence-corrected chi connectivity index (χ3v) is 17.9. The van der Waals surface area contributed by atoms with E-state index in [1.165, 1.54) is 40.1 Å². The molecule has 4 atom stereocenters. The Morgan fingerprint density at radius 2 is 1.67 bits per heavy atom. The number of nitrogens with one attached hydrogen (secondary N) is 1. The summed E-state index contributed by atoms with van der Waals surface area (Å²) < 4.78 is 35.9. The number of fused-ring (bicyclic) bond motifs is 1. The van der Waals surface area contributed by atoms with Gasteiger partial charge in [0.2, 0.25) is 0 Å². The fourth-order valence-electron chi connectivity index (χ4n) is 5.64. The molecule has 4 rings (SSSR count). The van der Waals surface area contributed by atoms with E-state index in [1.54, 1.807) is 0 Å². The van der Waals surface area contributed by atoms with Gasteiger partial charge >= 0.3 is 28.9 Å². The van der Waals surface area contributed by atoms with Crippen LogP contribution in [-0.4, -0.2) is 67.2 Å². The molecule has 0 unspecified atom stereocenters. The van der Waals surface area contributed by atoms with Gasteiger partial charge in [-0.2, -0.15) is 0 Å². The fraction of sp³-hybridized carbons (Fsp3) is 0.680. The molecule has 39 heavy (non-hydrogen) atoms. The number of carbonyl (C=O) groups excluding carboxylic acids is 1. The molecular formula is C25H40N4O8Si2. The van der Waals surface area contributed by atoms with E-state index >= 15 is 0 Å². The van der Waals surface area contributed by atoms with Gasteiger partial charge in [-0.1, -0.05) is 55.4 Å². The summed E-state index contributed by atoms with van der Waals surface area (Å²) >= 11 is 0. The molecule has 0 amide bonds. The van der Waals surface area contributed by atoms with E-state index in [1.807, 2.05) is 0 Å². The van der Waals surface area contributed by atoms with Crippen molar-refractivity contribution in [3.63, 3.8) is 0 Å². The van der Waals surface area contributed by atoms with Crippen LogP contribution in [0.1, 0.15) is 61.6 Å². The Morgan fingerprint density at radius 3 is 2.21 bits per heavy atom. The van der Waals surface area contributed by atoms with Crippen LogP contribution in [0.2, 0.25) is 22.2 Å². The first-order valence-corrected chi connectivity index (χ1v) is 17.4. The smallest absolute Gasteiger partial charge is 0.419 e. The topological polar surface area (TPSA) is 136 Å². The van der Waals surface area contributed by atoms with Crippen LogP contribution in [0.4, 0.5) is 4.79 Å². The minimum absolute atomic E-state index is 0.0316. The zero-order valence-corrected chi connectivity index (χ0v) is 25.8. The highest BCUT2D eigenvalue weighted by molar-refractivity contribution is 6.84. The van der Waals surface area contributed by atoms with Crippen LogP contribution in [0.5, 0.6) is 0 Å². The van der Waals surface area contributed by atoms with Crippen LogP contribution in [0.3, 0.4) is 0 Å². The second-order valence-electron chi connectivity index (χ2n) is 11.5. The number of H-pyrrole nitrogens is 1. The summed E-state index contributed by atoms with van der Waals surface area (Å²) in [5.41, 5.74) is -0.900. The molecule has 0 radical (unpaired) electrons. The quantitative estimate of drug-likeness (QED) is 0.508. The zero-order chi connectivity index (χ0) is 28.7. The van der Waals surface area contributed by atoms with Crippen molar-refractivity contribution in [3.8, 4) is 0 Å². The van der Waals surface area contributed by atoms with Crippen molar-refractivity contribution in [2.24, 2.45) is 0 Å². The molecule has 0 saturated carbocycles. The Bertz CT molecular complexity index is 1240. The summed E-state index contributed by atoms with van der Waals surface area (Å²) in [6.07, 6.45) is 1.32. The standard InChI is InChI=1S/C25H40N4O8Si2/c1-15(2)38(16(3)4)33-13-19-21(36-39(37-38,17(5)6)18(7)8)22(35-25(32)28-12-10-26-14-28)23(34-19)29-11-9-20(30)27-24(29)31/h9-12,14-19,21-23H,13H2,1-8H3,(H,27,30,31)/t19-,21-,22-,23-/m1/s1. The third kappa shape index (κ3) is 5.37. The van der Waals surface area contributed by atoms with Gasteiger partial charge in [-0.25, -0.2) is 19.1 Å². The van der Waals surface area contributed by atoms with Crippen molar-refractivity contribution in [2.75, 3.05) is 6.61 Å².